The molecule has 35 heavy (non-hydrogen) atoms. The molecule has 1 aromatic carbocycles. The molecule has 0 saturated carbocycles. The molecule has 1 atom stereocenters. The van der Waals surface area contributed by atoms with Crippen LogP contribution in [0.2, 0.25) is 0 Å². The van der Waals surface area contributed by atoms with Crippen molar-refractivity contribution in [2.24, 2.45) is 0 Å². The van der Waals surface area contributed by atoms with Crippen molar-refractivity contribution in [2.45, 2.75) is 18.6 Å². The fourth-order valence-electron chi connectivity index (χ4n) is 4.09. The van der Waals surface area contributed by atoms with Crippen LogP contribution < -0.4 is 0 Å². The van der Waals surface area contributed by atoms with Crippen molar-refractivity contribution in [2.75, 3.05) is 6.54 Å². The van der Waals surface area contributed by atoms with Gasteiger partial charge in [0.25, 0.3) is 5.91 Å². The first kappa shape index (κ1) is 21.9. The minimum absolute atomic E-state index is 0.230. The van der Waals surface area contributed by atoms with Crippen LogP contribution >= 0.6 is 22.7 Å². The average molecular weight is 513 g/mol. The minimum atomic E-state index is -4.52. The van der Waals surface area contributed by atoms with Gasteiger partial charge in [-0.05, 0) is 24.3 Å². The SMILES string of the molecule is O=C(c1cnc(-c2ccc(C(F)(F)F)nc2)s1)N1CCc2[nH]cnc2[C@H]1c1nc2ccccc2s1. The highest BCUT2D eigenvalue weighted by Crippen LogP contribution is 2.39. The molecule has 0 radical (unpaired) electrons. The van der Waals surface area contributed by atoms with Gasteiger partial charge in [-0.3, -0.25) is 9.78 Å². The highest BCUT2D eigenvalue weighted by molar-refractivity contribution is 7.18. The number of thiazole rings is 2. The molecule has 0 spiro atoms. The van der Waals surface area contributed by atoms with Gasteiger partial charge in [-0.25, -0.2) is 15.0 Å². The number of halogens is 3. The molecule has 4 aromatic heterocycles. The summed E-state index contributed by atoms with van der Waals surface area (Å²) in [5.74, 6) is -0.230. The van der Waals surface area contributed by atoms with E-state index in [1.165, 1.54) is 23.6 Å². The van der Waals surface area contributed by atoms with Gasteiger partial charge in [0.15, 0.2) is 0 Å². The molecule has 5 aromatic rings. The molecule has 1 amide bonds. The number of para-hydroxylation sites is 1. The predicted octanol–water partition coefficient (Wildman–Crippen LogP) is 5.34. The van der Waals surface area contributed by atoms with E-state index in [0.717, 1.165) is 50.2 Å². The average Bonchev–Trinajstić information content (AvgIpc) is 3.61. The van der Waals surface area contributed by atoms with Crippen LogP contribution in [-0.2, 0) is 12.6 Å². The number of nitrogens with zero attached hydrogens (tertiary/aromatic N) is 5. The fourth-order valence-corrected chi connectivity index (χ4v) is 6.04. The van der Waals surface area contributed by atoms with Crippen molar-refractivity contribution in [1.82, 2.24) is 29.8 Å². The van der Waals surface area contributed by atoms with Gasteiger partial charge in [-0.2, -0.15) is 13.2 Å². The molecule has 0 unspecified atom stereocenters. The lowest BCUT2D eigenvalue weighted by Crippen LogP contribution is -2.40. The van der Waals surface area contributed by atoms with Crippen LogP contribution in [0.3, 0.4) is 0 Å². The summed E-state index contributed by atoms with van der Waals surface area (Å²) in [4.78, 5) is 36.0. The lowest BCUT2D eigenvalue weighted by molar-refractivity contribution is -0.141. The van der Waals surface area contributed by atoms with Gasteiger partial charge in [0.2, 0.25) is 0 Å². The smallest absolute Gasteiger partial charge is 0.348 e. The number of benzene rings is 1. The van der Waals surface area contributed by atoms with Crippen LogP contribution in [0.25, 0.3) is 20.8 Å². The Morgan fingerprint density at radius 3 is 2.69 bits per heavy atom. The first-order valence-electron chi connectivity index (χ1n) is 10.6. The van der Waals surface area contributed by atoms with Crippen LogP contribution in [0.1, 0.15) is 37.8 Å². The van der Waals surface area contributed by atoms with E-state index in [1.807, 2.05) is 24.3 Å². The third kappa shape index (κ3) is 3.88. The summed E-state index contributed by atoms with van der Waals surface area (Å²) in [5, 5.41) is 1.19. The normalized spacial score (nSPS) is 16.0. The van der Waals surface area contributed by atoms with Gasteiger partial charge < -0.3 is 9.88 Å². The van der Waals surface area contributed by atoms with Crippen molar-refractivity contribution in [3.63, 3.8) is 0 Å². The summed E-state index contributed by atoms with van der Waals surface area (Å²) >= 11 is 2.64. The molecule has 1 aliphatic heterocycles. The van der Waals surface area contributed by atoms with Crippen molar-refractivity contribution >= 4 is 38.8 Å². The van der Waals surface area contributed by atoms with E-state index in [-0.39, 0.29) is 5.91 Å². The third-order valence-corrected chi connectivity index (χ3v) is 7.87. The minimum Gasteiger partial charge on any atom is -0.348 e. The zero-order valence-electron chi connectivity index (χ0n) is 17.8. The summed E-state index contributed by atoms with van der Waals surface area (Å²) in [5.41, 5.74) is 2.03. The number of amides is 1. The second-order valence-electron chi connectivity index (χ2n) is 7.90. The Morgan fingerprint density at radius 1 is 1.06 bits per heavy atom. The zero-order valence-corrected chi connectivity index (χ0v) is 19.4. The Kier molecular flexibility index (Phi) is 5.15. The number of aromatic amines is 1. The monoisotopic (exact) mass is 512 g/mol. The molecule has 5 heterocycles. The molecular formula is C23H15F3N6OS2. The number of imidazole rings is 1. The Labute approximate surface area is 204 Å². The standard InChI is InChI=1S/C23H15F3N6OS2/c24-23(25,26)17-6-5-12(9-27-17)20-28-10-16(35-20)22(33)32-8-7-14-18(30-11-29-14)19(32)21-31-13-3-1-2-4-15(13)34-21/h1-6,9-11,19H,7-8H2,(H,29,30)/t19-/m0/s1. The number of carbonyl (C=O) groups excluding carboxylic acids is 1. The number of aromatic nitrogens is 5. The Hall–Kier alpha value is -3.64. The van der Waals surface area contributed by atoms with Crippen LogP contribution in [0.15, 0.2) is 55.1 Å². The maximum Gasteiger partial charge on any atom is 0.433 e. The highest BCUT2D eigenvalue weighted by atomic mass is 32.1. The molecule has 176 valence electrons. The molecule has 12 heteroatoms. The maximum atomic E-state index is 13.6. The number of fused-ring (bicyclic) bond motifs is 2. The molecule has 1 N–H and O–H groups in total. The lowest BCUT2D eigenvalue weighted by Gasteiger charge is -2.33. The van der Waals surface area contributed by atoms with Gasteiger partial charge in [0.1, 0.15) is 26.6 Å². The summed E-state index contributed by atoms with van der Waals surface area (Å²) in [6, 6.07) is 9.56. The quantitative estimate of drug-likeness (QED) is 0.352. The van der Waals surface area contributed by atoms with E-state index in [2.05, 4.69) is 19.9 Å². The third-order valence-electron chi connectivity index (χ3n) is 5.75. The topological polar surface area (TPSA) is 87.7 Å². The highest BCUT2D eigenvalue weighted by Gasteiger charge is 2.37. The molecule has 0 aliphatic carbocycles. The number of nitrogens with one attached hydrogen (secondary N) is 1. The molecule has 1 aliphatic rings. The van der Waals surface area contributed by atoms with Crippen molar-refractivity contribution in [3.05, 3.63) is 82.1 Å². The molecule has 0 fully saturated rings. The summed E-state index contributed by atoms with van der Waals surface area (Å²) in [7, 11) is 0. The van der Waals surface area contributed by atoms with Crippen molar-refractivity contribution in [1.29, 1.82) is 0 Å². The fraction of sp³-hybridized carbons (Fsp3) is 0.174. The molecule has 0 bridgehead atoms. The van der Waals surface area contributed by atoms with Crippen LogP contribution in [0, 0.1) is 0 Å². The number of hydrogen-bond donors (Lipinski definition) is 1. The number of carbonyl (C=O) groups is 1. The van der Waals surface area contributed by atoms with E-state index < -0.39 is 17.9 Å². The van der Waals surface area contributed by atoms with Gasteiger partial charge in [0.05, 0.1) is 28.4 Å². The number of alkyl halides is 3. The van der Waals surface area contributed by atoms with Gasteiger partial charge in [-0.15, -0.1) is 22.7 Å². The van der Waals surface area contributed by atoms with Gasteiger partial charge >= 0.3 is 6.18 Å². The number of pyridine rings is 1. The lowest BCUT2D eigenvalue weighted by atomic mass is 10.0. The Bertz CT molecular complexity index is 1510. The molecule has 7 nitrogen and oxygen atoms in total. The van der Waals surface area contributed by atoms with E-state index in [4.69, 9.17) is 4.98 Å². The van der Waals surface area contributed by atoms with Gasteiger partial charge in [-0.1, -0.05) is 12.1 Å². The number of hydrogen-bond acceptors (Lipinski definition) is 7. The van der Waals surface area contributed by atoms with Crippen LogP contribution in [-0.4, -0.2) is 42.3 Å². The van der Waals surface area contributed by atoms with E-state index in [9.17, 15) is 18.0 Å². The van der Waals surface area contributed by atoms with E-state index in [0.29, 0.717) is 28.4 Å². The van der Waals surface area contributed by atoms with E-state index in [1.54, 1.807) is 11.2 Å². The second-order valence-corrected chi connectivity index (χ2v) is 9.99. The summed E-state index contributed by atoms with van der Waals surface area (Å²) < 4.78 is 39.5. The predicted molar refractivity (Wildman–Crippen MR) is 125 cm³/mol. The van der Waals surface area contributed by atoms with Crippen LogP contribution in [0.5, 0.6) is 0 Å². The second kappa shape index (κ2) is 8.24. The first-order valence-corrected chi connectivity index (χ1v) is 12.2. The largest absolute Gasteiger partial charge is 0.433 e. The molecule has 6 rings (SSSR count). The first-order chi connectivity index (χ1) is 16.9. The van der Waals surface area contributed by atoms with Crippen LogP contribution in [0.4, 0.5) is 13.2 Å². The molecular weight excluding hydrogens is 497 g/mol. The van der Waals surface area contributed by atoms with Crippen molar-refractivity contribution in [3.8, 4) is 10.6 Å². The van der Waals surface area contributed by atoms with Gasteiger partial charge in [0, 0.05) is 30.4 Å². The Balaban J connectivity index is 1.34. The molecule has 0 saturated heterocycles. The number of H-pyrrole nitrogens is 1. The Morgan fingerprint density at radius 2 is 1.91 bits per heavy atom. The summed E-state index contributed by atoms with van der Waals surface area (Å²) in [6.45, 7) is 0.462. The zero-order chi connectivity index (χ0) is 24.2. The summed E-state index contributed by atoms with van der Waals surface area (Å²) in [6.07, 6.45) is 0.308. The number of rotatable bonds is 3. The maximum absolute atomic E-state index is 13.6. The van der Waals surface area contributed by atoms with E-state index >= 15 is 0 Å². The van der Waals surface area contributed by atoms with Crippen molar-refractivity contribution < 1.29 is 18.0 Å².